The van der Waals surface area contributed by atoms with E-state index in [2.05, 4.69) is 15.2 Å². The number of halogens is 1. The molecule has 3 aromatic rings. The lowest BCUT2D eigenvalue weighted by Crippen LogP contribution is -2.54. The maximum atomic E-state index is 13.0. The average Bonchev–Trinajstić information content (AvgIpc) is 2.89. The van der Waals surface area contributed by atoms with Crippen LogP contribution in [0.1, 0.15) is 10.4 Å². The summed E-state index contributed by atoms with van der Waals surface area (Å²) in [6.45, 7) is 2.55. The smallest absolute Gasteiger partial charge is 0.267 e. The molecular formula is C25H23FN4O4. The minimum Gasteiger partial charge on any atom is -0.485 e. The first kappa shape index (κ1) is 21.7. The van der Waals surface area contributed by atoms with Crippen LogP contribution in [-0.4, -0.2) is 60.6 Å². The zero-order valence-electron chi connectivity index (χ0n) is 18.3. The molecule has 3 heterocycles. The van der Waals surface area contributed by atoms with E-state index in [0.29, 0.717) is 48.9 Å². The second kappa shape index (κ2) is 9.38. The van der Waals surface area contributed by atoms with E-state index in [9.17, 15) is 14.0 Å². The Bertz CT molecular complexity index is 1180. The number of carbonyl (C=O) groups is 2. The molecule has 174 valence electrons. The van der Waals surface area contributed by atoms with Crippen LogP contribution in [0, 0.1) is 5.82 Å². The van der Waals surface area contributed by atoms with E-state index in [1.165, 1.54) is 24.3 Å². The van der Waals surface area contributed by atoms with Crippen molar-refractivity contribution in [3.8, 4) is 11.5 Å². The Morgan fingerprint density at radius 2 is 1.68 bits per heavy atom. The molecule has 1 fully saturated rings. The van der Waals surface area contributed by atoms with Gasteiger partial charge in [0.15, 0.2) is 11.5 Å². The summed E-state index contributed by atoms with van der Waals surface area (Å²) in [5, 5.41) is 2.75. The van der Waals surface area contributed by atoms with Gasteiger partial charge in [0.1, 0.15) is 18.2 Å². The zero-order chi connectivity index (χ0) is 23.5. The van der Waals surface area contributed by atoms with Gasteiger partial charge in [0.05, 0.1) is 11.9 Å². The Labute approximate surface area is 195 Å². The number of para-hydroxylation sites is 2. The van der Waals surface area contributed by atoms with Crippen molar-refractivity contribution in [1.82, 2.24) is 9.88 Å². The molecule has 9 heteroatoms. The molecule has 0 bridgehead atoms. The number of rotatable bonds is 4. The highest BCUT2D eigenvalue weighted by atomic mass is 19.1. The molecule has 1 saturated heterocycles. The van der Waals surface area contributed by atoms with Crippen molar-refractivity contribution in [2.45, 2.75) is 6.10 Å². The van der Waals surface area contributed by atoms with Crippen LogP contribution in [0.15, 0.2) is 66.9 Å². The van der Waals surface area contributed by atoms with Gasteiger partial charge < -0.3 is 24.6 Å². The Hall–Kier alpha value is -4.14. The SMILES string of the molecule is O=C(Nc1ccc(N2CCN(C(=O)C3COc4ccccc4O3)CC2)nc1)c1ccc(F)cc1. The number of anilines is 2. The van der Waals surface area contributed by atoms with Crippen molar-refractivity contribution in [3.63, 3.8) is 0 Å². The number of amides is 2. The number of carbonyl (C=O) groups excluding carboxylic acids is 2. The third kappa shape index (κ3) is 4.63. The molecule has 2 aliphatic rings. The molecule has 2 amide bonds. The van der Waals surface area contributed by atoms with Gasteiger partial charge in [0.2, 0.25) is 6.10 Å². The van der Waals surface area contributed by atoms with E-state index in [-0.39, 0.29) is 18.4 Å². The molecular weight excluding hydrogens is 439 g/mol. The molecule has 2 aliphatic heterocycles. The monoisotopic (exact) mass is 462 g/mol. The van der Waals surface area contributed by atoms with E-state index in [4.69, 9.17) is 9.47 Å². The quantitative estimate of drug-likeness (QED) is 0.642. The van der Waals surface area contributed by atoms with Gasteiger partial charge in [-0.05, 0) is 48.5 Å². The standard InChI is InChI=1S/C25H23FN4O4/c26-18-7-5-17(6-8-18)24(31)28-19-9-10-23(27-15-19)29-11-13-30(14-12-29)25(32)22-16-33-20-3-1-2-4-21(20)34-22/h1-10,15,22H,11-14,16H2,(H,28,31). The van der Waals surface area contributed by atoms with E-state index in [0.717, 1.165) is 5.82 Å². The Balaban J connectivity index is 1.14. The number of nitrogens with zero attached hydrogens (tertiary/aromatic N) is 3. The Kier molecular flexibility index (Phi) is 5.99. The third-order valence-electron chi connectivity index (χ3n) is 5.81. The van der Waals surface area contributed by atoms with Gasteiger partial charge >= 0.3 is 0 Å². The largest absolute Gasteiger partial charge is 0.485 e. The molecule has 34 heavy (non-hydrogen) atoms. The highest BCUT2D eigenvalue weighted by molar-refractivity contribution is 6.04. The number of fused-ring (bicyclic) bond motifs is 1. The van der Waals surface area contributed by atoms with Crippen LogP contribution in [0.4, 0.5) is 15.9 Å². The van der Waals surface area contributed by atoms with Crippen LogP contribution in [0.25, 0.3) is 0 Å². The molecule has 0 radical (unpaired) electrons. The van der Waals surface area contributed by atoms with Gasteiger partial charge in [-0.1, -0.05) is 12.1 Å². The lowest BCUT2D eigenvalue weighted by atomic mass is 10.2. The van der Waals surface area contributed by atoms with E-state index >= 15 is 0 Å². The van der Waals surface area contributed by atoms with Crippen molar-refractivity contribution < 1.29 is 23.5 Å². The number of nitrogens with one attached hydrogen (secondary N) is 1. The second-order valence-corrected chi connectivity index (χ2v) is 8.04. The van der Waals surface area contributed by atoms with Gasteiger partial charge in [0.25, 0.3) is 11.8 Å². The molecule has 1 unspecified atom stereocenters. The normalized spacial score (nSPS) is 17.3. The highest BCUT2D eigenvalue weighted by Gasteiger charge is 2.32. The van der Waals surface area contributed by atoms with Crippen molar-refractivity contribution in [3.05, 3.63) is 78.2 Å². The Morgan fingerprint density at radius 1 is 0.941 bits per heavy atom. The summed E-state index contributed by atoms with van der Waals surface area (Å²) in [5.41, 5.74) is 0.906. The number of hydrogen-bond acceptors (Lipinski definition) is 6. The van der Waals surface area contributed by atoms with Crippen LogP contribution in [-0.2, 0) is 4.79 Å². The van der Waals surface area contributed by atoms with Crippen molar-refractivity contribution in [1.29, 1.82) is 0 Å². The zero-order valence-corrected chi connectivity index (χ0v) is 18.3. The maximum absolute atomic E-state index is 13.0. The summed E-state index contributed by atoms with van der Waals surface area (Å²) in [6, 6.07) is 16.3. The first-order valence-corrected chi connectivity index (χ1v) is 11.0. The summed E-state index contributed by atoms with van der Waals surface area (Å²) < 4.78 is 24.6. The fourth-order valence-corrected chi connectivity index (χ4v) is 3.95. The molecule has 2 aromatic carbocycles. The average molecular weight is 462 g/mol. The number of aromatic nitrogens is 1. The summed E-state index contributed by atoms with van der Waals surface area (Å²) in [4.78, 5) is 33.5. The van der Waals surface area contributed by atoms with Gasteiger partial charge in [-0.2, -0.15) is 0 Å². The maximum Gasteiger partial charge on any atom is 0.267 e. The molecule has 8 nitrogen and oxygen atoms in total. The van der Waals surface area contributed by atoms with Crippen LogP contribution < -0.4 is 19.7 Å². The fourth-order valence-electron chi connectivity index (χ4n) is 3.95. The van der Waals surface area contributed by atoms with Gasteiger partial charge in [-0.3, -0.25) is 9.59 Å². The van der Waals surface area contributed by atoms with E-state index in [1.807, 2.05) is 24.3 Å². The highest BCUT2D eigenvalue weighted by Crippen LogP contribution is 2.31. The second-order valence-electron chi connectivity index (χ2n) is 8.04. The predicted molar refractivity (Wildman–Crippen MR) is 124 cm³/mol. The summed E-state index contributed by atoms with van der Waals surface area (Å²) >= 11 is 0. The summed E-state index contributed by atoms with van der Waals surface area (Å²) in [6.07, 6.45) is 0.933. The van der Waals surface area contributed by atoms with Crippen molar-refractivity contribution >= 4 is 23.3 Å². The van der Waals surface area contributed by atoms with Gasteiger partial charge in [-0.25, -0.2) is 9.37 Å². The first-order chi connectivity index (χ1) is 16.6. The minimum atomic E-state index is -0.649. The topological polar surface area (TPSA) is 84.0 Å². The summed E-state index contributed by atoms with van der Waals surface area (Å²) in [5.74, 6) is 1.19. The van der Waals surface area contributed by atoms with Crippen LogP contribution >= 0.6 is 0 Å². The molecule has 1 atom stereocenters. The lowest BCUT2D eigenvalue weighted by Gasteiger charge is -2.37. The third-order valence-corrected chi connectivity index (χ3v) is 5.81. The van der Waals surface area contributed by atoms with Crippen molar-refractivity contribution in [2.75, 3.05) is 43.0 Å². The fraction of sp³-hybridized carbons (Fsp3) is 0.240. The Morgan fingerprint density at radius 3 is 2.38 bits per heavy atom. The predicted octanol–water partition coefficient (Wildman–Crippen LogP) is 2.96. The number of hydrogen-bond donors (Lipinski definition) is 1. The van der Waals surface area contributed by atoms with Crippen LogP contribution in [0.5, 0.6) is 11.5 Å². The molecule has 0 spiro atoms. The van der Waals surface area contributed by atoms with Crippen LogP contribution in [0.3, 0.4) is 0 Å². The number of pyridine rings is 1. The first-order valence-electron chi connectivity index (χ1n) is 11.0. The minimum absolute atomic E-state index is 0.0824. The van der Waals surface area contributed by atoms with Gasteiger partial charge in [0, 0.05) is 31.7 Å². The number of piperazine rings is 1. The molecule has 0 saturated carbocycles. The number of ether oxygens (including phenoxy) is 2. The van der Waals surface area contributed by atoms with E-state index in [1.54, 1.807) is 23.2 Å². The molecule has 1 aromatic heterocycles. The molecule has 5 rings (SSSR count). The lowest BCUT2D eigenvalue weighted by molar-refractivity contribution is -0.141. The van der Waals surface area contributed by atoms with Crippen LogP contribution in [0.2, 0.25) is 0 Å². The molecule has 1 N–H and O–H groups in total. The van der Waals surface area contributed by atoms with Crippen molar-refractivity contribution in [2.24, 2.45) is 0 Å². The number of benzene rings is 2. The van der Waals surface area contributed by atoms with Gasteiger partial charge in [-0.15, -0.1) is 0 Å². The molecule has 0 aliphatic carbocycles. The van der Waals surface area contributed by atoms with E-state index < -0.39 is 11.9 Å². The summed E-state index contributed by atoms with van der Waals surface area (Å²) in [7, 11) is 0.